The number of methoxy groups -OCH3 is 1. The molecule has 0 N–H and O–H groups in total. The molecule has 1 saturated heterocycles. The highest BCUT2D eigenvalue weighted by Gasteiger charge is 2.43. The molecule has 0 aliphatic carbocycles. The van der Waals surface area contributed by atoms with E-state index in [9.17, 15) is 4.79 Å². The Kier molecular flexibility index (Phi) is 2.00. The number of esters is 1. The summed E-state index contributed by atoms with van der Waals surface area (Å²) in [5.74, 6) is 0.421. The molecule has 2 rings (SSSR count). The van der Waals surface area contributed by atoms with Crippen molar-refractivity contribution in [2.75, 3.05) is 13.7 Å². The third-order valence-corrected chi connectivity index (χ3v) is 2.49. The van der Waals surface area contributed by atoms with Gasteiger partial charge in [0, 0.05) is 0 Å². The molecule has 13 heavy (non-hydrogen) atoms. The van der Waals surface area contributed by atoms with Crippen molar-refractivity contribution < 1.29 is 19.0 Å². The van der Waals surface area contributed by atoms with E-state index in [1.165, 1.54) is 7.11 Å². The largest absolute Gasteiger partial charge is 0.468 e. The van der Waals surface area contributed by atoms with E-state index in [1.54, 1.807) is 6.92 Å². The van der Waals surface area contributed by atoms with Crippen LogP contribution in [0.2, 0.25) is 0 Å². The summed E-state index contributed by atoms with van der Waals surface area (Å²) in [5, 5.41) is 0. The van der Waals surface area contributed by atoms with Gasteiger partial charge in [0.15, 0.2) is 0 Å². The maximum Gasteiger partial charge on any atom is 0.337 e. The molecule has 72 valence electrons. The van der Waals surface area contributed by atoms with E-state index in [0.29, 0.717) is 17.9 Å². The van der Waals surface area contributed by atoms with Crippen molar-refractivity contribution in [3.63, 3.8) is 0 Å². The van der Waals surface area contributed by atoms with Crippen molar-refractivity contribution in [2.24, 2.45) is 5.92 Å². The van der Waals surface area contributed by atoms with E-state index in [-0.39, 0.29) is 18.2 Å². The highest BCUT2D eigenvalue weighted by atomic mass is 16.7. The Morgan fingerprint density at radius 1 is 1.62 bits per heavy atom. The SMILES string of the molecule is COC(=O)C1=C(C)OC2OCCC12. The van der Waals surface area contributed by atoms with E-state index in [0.717, 1.165) is 6.42 Å². The highest BCUT2D eigenvalue weighted by molar-refractivity contribution is 5.90. The highest BCUT2D eigenvalue weighted by Crippen LogP contribution is 2.38. The number of allylic oxidation sites excluding steroid dienone is 1. The molecule has 1 fully saturated rings. The van der Waals surface area contributed by atoms with Gasteiger partial charge in [0.05, 0.1) is 25.2 Å². The molecule has 0 aromatic rings. The fourth-order valence-electron chi connectivity index (χ4n) is 1.86. The van der Waals surface area contributed by atoms with Crippen LogP contribution >= 0.6 is 0 Å². The lowest BCUT2D eigenvalue weighted by molar-refractivity contribution is -0.136. The van der Waals surface area contributed by atoms with Crippen LogP contribution in [-0.4, -0.2) is 26.0 Å². The topological polar surface area (TPSA) is 44.8 Å². The lowest BCUT2D eigenvalue weighted by Gasteiger charge is -2.08. The Bertz CT molecular complexity index is 269. The molecule has 0 spiro atoms. The molecule has 0 radical (unpaired) electrons. The van der Waals surface area contributed by atoms with E-state index in [4.69, 9.17) is 9.47 Å². The van der Waals surface area contributed by atoms with Crippen LogP contribution in [0.25, 0.3) is 0 Å². The molecular formula is C9H12O4. The minimum absolute atomic E-state index is 0.0763. The second kappa shape index (κ2) is 3.03. The molecular weight excluding hydrogens is 172 g/mol. The molecule has 4 heteroatoms. The summed E-state index contributed by atoms with van der Waals surface area (Å²) >= 11 is 0. The maximum absolute atomic E-state index is 11.4. The van der Waals surface area contributed by atoms with Crippen LogP contribution in [0.15, 0.2) is 11.3 Å². The molecule has 0 aromatic heterocycles. The number of carbonyl (C=O) groups excluding carboxylic acids is 1. The summed E-state index contributed by atoms with van der Waals surface area (Å²) in [7, 11) is 1.38. The molecule has 2 unspecified atom stereocenters. The first kappa shape index (κ1) is 8.56. The van der Waals surface area contributed by atoms with Crippen LogP contribution < -0.4 is 0 Å². The lowest BCUT2D eigenvalue weighted by atomic mass is 9.98. The summed E-state index contributed by atoms with van der Waals surface area (Å²) in [6.45, 7) is 2.43. The first-order chi connectivity index (χ1) is 6.24. The van der Waals surface area contributed by atoms with Gasteiger partial charge in [-0.3, -0.25) is 0 Å². The standard InChI is InChI=1S/C9H12O4/c1-5-7(8(10)11-2)6-3-4-12-9(6)13-5/h6,9H,3-4H2,1-2H3. The van der Waals surface area contributed by atoms with Crippen LogP contribution in [0.1, 0.15) is 13.3 Å². The van der Waals surface area contributed by atoms with Gasteiger partial charge in [-0.05, 0) is 13.3 Å². The van der Waals surface area contributed by atoms with Crippen LogP contribution in [-0.2, 0) is 19.0 Å². The number of carbonyl (C=O) groups is 1. The molecule has 4 nitrogen and oxygen atoms in total. The van der Waals surface area contributed by atoms with Crippen LogP contribution in [0, 0.1) is 5.92 Å². The van der Waals surface area contributed by atoms with Crippen molar-refractivity contribution in [1.29, 1.82) is 0 Å². The minimum atomic E-state index is -0.296. The molecule has 0 bridgehead atoms. The van der Waals surface area contributed by atoms with Gasteiger partial charge in [0.2, 0.25) is 6.29 Å². The Labute approximate surface area is 76.5 Å². The van der Waals surface area contributed by atoms with E-state index < -0.39 is 0 Å². The van der Waals surface area contributed by atoms with Gasteiger partial charge in [-0.25, -0.2) is 4.79 Å². The third kappa shape index (κ3) is 1.21. The number of rotatable bonds is 1. The average Bonchev–Trinajstić information content (AvgIpc) is 2.62. The Hall–Kier alpha value is -1.03. The molecule has 2 atom stereocenters. The second-order valence-electron chi connectivity index (χ2n) is 3.21. The fourth-order valence-corrected chi connectivity index (χ4v) is 1.86. The van der Waals surface area contributed by atoms with Gasteiger partial charge in [0.1, 0.15) is 5.76 Å². The van der Waals surface area contributed by atoms with Gasteiger partial charge >= 0.3 is 5.97 Å². The normalized spacial score (nSPS) is 31.5. The van der Waals surface area contributed by atoms with E-state index in [2.05, 4.69) is 4.74 Å². The monoisotopic (exact) mass is 184 g/mol. The third-order valence-electron chi connectivity index (χ3n) is 2.49. The average molecular weight is 184 g/mol. The molecule has 2 aliphatic rings. The summed E-state index contributed by atoms with van der Waals surface area (Å²) in [4.78, 5) is 11.4. The Balaban J connectivity index is 2.24. The van der Waals surface area contributed by atoms with Crippen LogP contribution in [0.5, 0.6) is 0 Å². The summed E-state index contributed by atoms with van der Waals surface area (Å²) in [6, 6.07) is 0. The molecule has 2 heterocycles. The summed E-state index contributed by atoms with van der Waals surface area (Å²) in [5.41, 5.74) is 0.644. The molecule has 0 aromatic carbocycles. The predicted molar refractivity (Wildman–Crippen MR) is 43.6 cm³/mol. The zero-order chi connectivity index (χ0) is 9.42. The van der Waals surface area contributed by atoms with Gasteiger partial charge in [0.25, 0.3) is 0 Å². The van der Waals surface area contributed by atoms with Crippen molar-refractivity contribution in [2.45, 2.75) is 19.6 Å². The van der Waals surface area contributed by atoms with Crippen molar-refractivity contribution in [3.05, 3.63) is 11.3 Å². The maximum atomic E-state index is 11.4. The van der Waals surface area contributed by atoms with Gasteiger partial charge in [-0.2, -0.15) is 0 Å². The first-order valence-corrected chi connectivity index (χ1v) is 4.31. The van der Waals surface area contributed by atoms with Crippen LogP contribution in [0.3, 0.4) is 0 Å². The second-order valence-corrected chi connectivity index (χ2v) is 3.21. The predicted octanol–water partition coefficient (Wildman–Crippen LogP) is 0.826. The van der Waals surface area contributed by atoms with Crippen molar-refractivity contribution in [1.82, 2.24) is 0 Å². The fraction of sp³-hybridized carbons (Fsp3) is 0.667. The van der Waals surface area contributed by atoms with Crippen molar-refractivity contribution in [3.8, 4) is 0 Å². The van der Waals surface area contributed by atoms with Gasteiger partial charge in [-0.1, -0.05) is 0 Å². The molecule has 0 saturated carbocycles. The molecule has 2 aliphatic heterocycles. The van der Waals surface area contributed by atoms with E-state index >= 15 is 0 Å². The Morgan fingerprint density at radius 2 is 2.38 bits per heavy atom. The van der Waals surface area contributed by atoms with Crippen molar-refractivity contribution >= 4 is 5.97 Å². The number of hydrogen-bond acceptors (Lipinski definition) is 4. The number of hydrogen-bond donors (Lipinski definition) is 0. The zero-order valence-corrected chi connectivity index (χ0v) is 7.70. The smallest absolute Gasteiger partial charge is 0.337 e. The summed E-state index contributed by atoms with van der Waals surface area (Å²) < 4.78 is 15.4. The molecule has 0 amide bonds. The zero-order valence-electron chi connectivity index (χ0n) is 7.70. The first-order valence-electron chi connectivity index (χ1n) is 4.31. The van der Waals surface area contributed by atoms with Crippen LogP contribution in [0.4, 0.5) is 0 Å². The van der Waals surface area contributed by atoms with Gasteiger partial charge < -0.3 is 14.2 Å². The minimum Gasteiger partial charge on any atom is -0.468 e. The van der Waals surface area contributed by atoms with E-state index in [1.807, 2.05) is 0 Å². The lowest BCUT2D eigenvalue weighted by Crippen LogP contribution is -2.17. The number of fused-ring (bicyclic) bond motifs is 1. The number of ether oxygens (including phenoxy) is 3. The quantitative estimate of drug-likeness (QED) is 0.566. The Morgan fingerprint density at radius 3 is 3.08 bits per heavy atom. The van der Waals surface area contributed by atoms with Gasteiger partial charge in [-0.15, -0.1) is 0 Å². The summed E-state index contributed by atoms with van der Waals surface area (Å²) in [6.07, 6.45) is 0.584.